The van der Waals surface area contributed by atoms with Gasteiger partial charge in [-0.3, -0.25) is 9.78 Å². The number of benzene rings is 1. The van der Waals surface area contributed by atoms with Gasteiger partial charge in [-0.1, -0.05) is 12.1 Å². The summed E-state index contributed by atoms with van der Waals surface area (Å²) in [5.41, 5.74) is 2.36. The number of carbonyl (C=O) groups is 2. The molecule has 0 radical (unpaired) electrons. The molecule has 1 aromatic carbocycles. The highest BCUT2D eigenvalue weighted by atomic mass is 16.5. The Bertz CT molecular complexity index is 996. The van der Waals surface area contributed by atoms with Crippen LogP contribution in [0.5, 0.6) is 0 Å². The van der Waals surface area contributed by atoms with Crippen molar-refractivity contribution in [1.29, 1.82) is 0 Å². The molecule has 6 nitrogen and oxygen atoms in total. The van der Waals surface area contributed by atoms with Gasteiger partial charge in [0.2, 0.25) is 0 Å². The zero-order valence-electron chi connectivity index (χ0n) is 17.9. The number of aromatic nitrogens is 2. The van der Waals surface area contributed by atoms with Gasteiger partial charge in [0.15, 0.2) is 6.61 Å². The molecular formula is C25H29N3O3. The summed E-state index contributed by atoms with van der Waals surface area (Å²) in [5, 5.41) is 3.12. The Balaban J connectivity index is 1.12. The summed E-state index contributed by atoms with van der Waals surface area (Å²) in [6, 6.07) is 7.66. The van der Waals surface area contributed by atoms with Crippen molar-refractivity contribution < 1.29 is 14.3 Å². The predicted molar refractivity (Wildman–Crippen MR) is 118 cm³/mol. The topological polar surface area (TPSA) is 81.2 Å². The number of hydrogen-bond donors (Lipinski definition) is 1. The Morgan fingerprint density at radius 3 is 2.45 bits per heavy atom. The molecule has 1 unspecified atom stereocenters. The van der Waals surface area contributed by atoms with Crippen molar-refractivity contribution in [2.24, 2.45) is 23.2 Å². The second-order valence-corrected chi connectivity index (χ2v) is 9.79. The van der Waals surface area contributed by atoms with Crippen LogP contribution in [0.1, 0.15) is 51.1 Å². The van der Waals surface area contributed by atoms with Gasteiger partial charge in [0.1, 0.15) is 0 Å². The monoisotopic (exact) mass is 419 g/mol. The van der Waals surface area contributed by atoms with Crippen LogP contribution in [0.15, 0.2) is 36.5 Å². The summed E-state index contributed by atoms with van der Waals surface area (Å²) in [6.07, 6.45) is 12.3. The Morgan fingerprint density at radius 1 is 1.13 bits per heavy atom. The lowest BCUT2D eigenvalue weighted by molar-refractivity contribution is -0.145. The second-order valence-electron chi connectivity index (χ2n) is 9.79. The molecule has 1 amide bonds. The first-order valence-electron chi connectivity index (χ1n) is 11.3. The van der Waals surface area contributed by atoms with Crippen LogP contribution in [0.3, 0.4) is 0 Å². The third kappa shape index (κ3) is 4.21. The molecule has 4 saturated carbocycles. The van der Waals surface area contributed by atoms with Gasteiger partial charge < -0.3 is 10.1 Å². The van der Waals surface area contributed by atoms with Crippen LogP contribution >= 0.6 is 0 Å². The van der Waals surface area contributed by atoms with Gasteiger partial charge in [-0.25, -0.2) is 9.78 Å². The first-order valence-corrected chi connectivity index (χ1v) is 11.3. The van der Waals surface area contributed by atoms with E-state index in [2.05, 4.69) is 22.2 Å². The molecule has 6 rings (SSSR count). The number of rotatable bonds is 6. The molecule has 6 heteroatoms. The molecule has 0 spiro atoms. The highest BCUT2D eigenvalue weighted by Crippen LogP contribution is 2.61. The van der Waals surface area contributed by atoms with E-state index in [1.807, 2.05) is 24.3 Å². The zero-order chi connectivity index (χ0) is 21.4. The highest BCUT2D eigenvalue weighted by Gasteiger charge is 2.53. The van der Waals surface area contributed by atoms with Gasteiger partial charge in [-0.15, -0.1) is 0 Å². The Hall–Kier alpha value is -2.76. The van der Waals surface area contributed by atoms with Crippen molar-refractivity contribution >= 4 is 29.0 Å². The molecule has 31 heavy (non-hydrogen) atoms. The number of fused-ring (bicyclic) bond motifs is 1. The maximum absolute atomic E-state index is 12.4. The highest BCUT2D eigenvalue weighted by molar-refractivity contribution is 5.89. The summed E-state index contributed by atoms with van der Waals surface area (Å²) in [4.78, 5) is 33.2. The lowest BCUT2D eigenvalue weighted by Gasteiger charge is -2.59. The van der Waals surface area contributed by atoms with E-state index in [4.69, 9.17) is 4.74 Å². The molecule has 1 N–H and O–H groups in total. The van der Waals surface area contributed by atoms with Crippen LogP contribution in [0, 0.1) is 23.2 Å². The predicted octanol–water partition coefficient (Wildman–Crippen LogP) is 3.91. The summed E-state index contributed by atoms with van der Waals surface area (Å²) in [5.74, 6) is 1.73. The summed E-state index contributed by atoms with van der Waals surface area (Å²) in [7, 11) is 0. The van der Waals surface area contributed by atoms with E-state index in [0.717, 1.165) is 28.8 Å². The number of hydrogen-bond acceptors (Lipinski definition) is 5. The molecular weight excluding hydrogens is 390 g/mol. The Labute approximate surface area is 182 Å². The number of amides is 1. The van der Waals surface area contributed by atoms with E-state index in [1.165, 1.54) is 44.6 Å². The SMILES string of the molecule is CC(NC(=O)COC(=O)C=Cc1cnc2ccccc2n1)C12CC3CC(CC(C3)C1)C2. The van der Waals surface area contributed by atoms with E-state index in [0.29, 0.717) is 5.69 Å². The van der Waals surface area contributed by atoms with Crippen LogP contribution in [0.4, 0.5) is 0 Å². The van der Waals surface area contributed by atoms with Crippen molar-refractivity contribution in [3.05, 3.63) is 42.2 Å². The molecule has 162 valence electrons. The molecule has 0 aliphatic heterocycles. The van der Waals surface area contributed by atoms with Gasteiger partial charge in [-0.05, 0) is 86.8 Å². The minimum absolute atomic E-state index is 0.121. The molecule has 4 bridgehead atoms. The minimum Gasteiger partial charge on any atom is -0.452 e. The molecule has 4 aliphatic rings. The van der Waals surface area contributed by atoms with Crippen LogP contribution in [0.25, 0.3) is 17.1 Å². The first kappa shape index (κ1) is 20.2. The molecule has 2 aromatic rings. The molecule has 4 aliphatic carbocycles. The van der Waals surface area contributed by atoms with E-state index in [1.54, 1.807) is 12.3 Å². The lowest BCUT2D eigenvalue weighted by atomic mass is 9.48. The normalized spacial score (nSPS) is 29.9. The maximum atomic E-state index is 12.4. The van der Waals surface area contributed by atoms with E-state index in [9.17, 15) is 9.59 Å². The number of para-hydroxylation sites is 2. The first-order chi connectivity index (χ1) is 15.0. The van der Waals surface area contributed by atoms with Gasteiger partial charge >= 0.3 is 5.97 Å². The van der Waals surface area contributed by atoms with Crippen molar-refractivity contribution in [3.8, 4) is 0 Å². The standard InChI is InChI=1S/C25H29N3O3/c1-16(25-11-17-8-18(12-25)10-19(9-17)13-25)27-23(29)15-31-24(30)7-6-20-14-26-21-4-2-3-5-22(21)28-20/h2-7,14,16-19H,8-13,15H2,1H3,(H,27,29). The van der Waals surface area contributed by atoms with Crippen LogP contribution in [-0.4, -0.2) is 34.5 Å². The zero-order valence-corrected chi connectivity index (χ0v) is 17.9. The van der Waals surface area contributed by atoms with Crippen molar-refractivity contribution in [2.75, 3.05) is 6.61 Å². The summed E-state index contributed by atoms with van der Waals surface area (Å²) in [6.45, 7) is 1.87. The van der Waals surface area contributed by atoms with Crippen molar-refractivity contribution in [2.45, 2.75) is 51.5 Å². The number of nitrogens with zero attached hydrogens (tertiary/aromatic N) is 2. The average molecular weight is 420 g/mol. The van der Waals surface area contributed by atoms with Crippen molar-refractivity contribution in [3.63, 3.8) is 0 Å². The largest absolute Gasteiger partial charge is 0.452 e. The Kier molecular flexibility index (Phi) is 5.24. The maximum Gasteiger partial charge on any atom is 0.331 e. The second kappa shape index (κ2) is 8.06. The van der Waals surface area contributed by atoms with Gasteiger partial charge in [0.25, 0.3) is 5.91 Å². The number of carbonyl (C=O) groups excluding carboxylic acids is 2. The summed E-state index contributed by atoms with van der Waals surface area (Å²) < 4.78 is 5.15. The van der Waals surface area contributed by atoms with Gasteiger partial charge in [-0.2, -0.15) is 0 Å². The molecule has 1 aromatic heterocycles. The molecule has 4 fully saturated rings. The number of nitrogens with one attached hydrogen (secondary N) is 1. The Morgan fingerprint density at radius 2 is 1.77 bits per heavy atom. The van der Waals surface area contributed by atoms with Gasteiger partial charge in [0.05, 0.1) is 22.9 Å². The van der Waals surface area contributed by atoms with Gasteiger partial charge in [0, 0.05) is 12.1 Å². The fourth-order valence-corrected chi connectivity index (χ4v) is 6.53. The van der Waals surface area contributed by atoms with Crippen molar-refractivity contribution in [1.82, 2.24) is 15.3 Å². The lowest BCUT2D eigenvalue weighted by Crippen LogP contribution is -2.56. The van der Waals surface area contributed by atoms with Crippen LogP contribution < -0.4 is 5.32 Å². The third-order valence-electron chi connectivity index (χ3n) is 7.58. The number of ether oxygens (including phenoxy) is 1. The van der Waals surface area contributed by atoms with Crippen LogP contribution in [-0.2, 0) is 14.3 Å². The fourth-order valence-electron chi connectivity index (χ4n) is 6.53. The molecule has 0 saturated heterocycles. The molecule has 1 atom stereocenters. The number of esters is 1. The minimum atomic E-state index is -0.562. The average Bonchev–Trinajstić information content (AvgIpc) is 2.75. The van der Waals surface area contributed by atoms with Crippen LogP contribution in [0.2, 0.25) is 0 Å². The van der Waals surface area contributed by atoms with E-state index in [-0.39, 0.29) is 24.0 Å². The van der Waals surface area contributed by atoms with E-state index < -0.39 is 5.97 Å². The van der Waals surface area contributed by atoms with E-state index >= 15 is 0 Å². The third-order valence-corrected chi connectivity index (χ3v) is 7.58. The smallest absolute Gasteiger partial charge is 0.331 e. The fraction of sp³-hybridized carbons (Fsp3) is 0.520. The molecule has 1 heterocycles. The summed E-state index contributed by atoms with van der Waals surface area (Å²) >= 11 is 0. The quantitative estimate of drug-likeness (QED) is 0.567.